The Bertz CT molecular complexity index is 1430. The van der Waals surface area contributed by atoms with E-state index in [0.29, 0.717) is 17.0 Å². The predicted octanol–water partition coefficient (Wildman–Crippen LogP) is 4.86. The van der Waals surface area contributed by atoms with Gasteiger partial charge in [0.25, 0.3) is 0 Å². The van der Waals surface area contributed by atoms with Crippen LogP contribution < -0.4 is 5.32 Å². The van der Waals surface area contributed by atoms with E-state index in [1.165, 1.54) is 42.4 Å². The number of rotatable bonds is 11. The van der Waals surface area contributed by atoms with Crippen LogP contribution in [0.15, 0.2) is 71.6 Å². The van der Waals surface area contributed by atoms with E-state index in [1.807, 2.05) is 0 Å². The summed E-state index contributed by atoms with van der Waals surface area (Å²) in [5.74, 6) is -0.631. The zero-order chi connectivity index (χ0) is 28.4. The Morgan fingerprint density at radius 2 is 1.69 bits per heavy atom. The SMILES string of the molecule is CN(CC(O)CNC(C)(C)CC1Cc2ccccc2C1)S(=O)(=O)c1cccc(-c2ccc(Cl)c(C(=O)O)c2)c1. The third-order valence-corrected chi connectivity index (χ3v) is 9.44. The molecule has 3 aromatic carbocycles. The van der Waals surface area contributed by atoms with Crippen LogP contribution in [0.5, 0.6) is 0 Å². The number of aliphatic hydroxyl groups is 1. The van der Waals surface area contributed by atoms with Crippen molar-refractivity contribution >= 4 is 27.6 Å². The molecule has 1 unspecified atom stereocenters. The molecule has 0 amide bonds. The Balaban J connectivity index is 1.36. The fraction of sp³-hybridized carbons (Fsp3) is 0.367. The van der Waals surface area contributed by atoms with Crippen molar-refractivity contribution in [3.63, 3.8) is 0 Å². The lowest BCUT2D eigenvalue weighted by molar-refractivity contribution is 0.0697. The van der Waals surface area contributed by atoms with Crippen molar-refractivity contribution in [2.45, 2.75) is 49.6 Å². The van der Waals surface area contributed by atoms with Gasteiger partial charge in [0.2, 0.25) is 10.0 Å². The first-order valence-electron chi connectivity index (χ1n) is 13.0. The van der Waals surface area contributed by atoms with Crippen LogP contribution in [0.25, 0.3) is 11.1 Å². The van der Waals surface area contributed by atoms with Crippen LogP contribution >= 0.6 is 11.6 Å². The lowest BCUT2D eigenvalue weighted by Crippen LogP contribution is -2.47. The Hall–Kier alpha value is -2.75. The standard InChI is InChI=1S/C30H35ClN2O5S/c1-30(2,17-20-13-21-7-4-5-8-22(21)14-20)32-18-25(34)19-33(3)39(37,38)26-10-6-9-23(15-26)24-11-12-28(31)27(16-24)29(35)36/h4-12,15-16,20,25,32,34H,13-14,17-19H2,1-3H3,(H,35,36). The molecule has 0 heterocycles. The second-order valence-electron chi connectivity index (χ2n) is 11.0. The molecule has 39 heavy (non-hydrogen) atoms. The average molecular weight is 571 g/mol. The number of aromatic carboxylic acids is 1. The number of sulfonamides is 1. The zero-order valence-corrected chi connectivity index (χ0v) is 24.0. The fourth-order valence-electron chi connectivity index (χ4n) is 5.33. The van der Waals surface area contributed by atoms with Crippen LogP contribution in [0, 0.1) is 5.92 Å². The number of benzene rings is 3. The summed E-state index contributed by atoms with van der Waals surface area (Å²) in [6.45, 7) is 4.41. The number of carboxylic acid groups (broad SMARTS) is 1. The molecule has 0 saturated heterocycles. The van der Waals surface area contributed by atoms with Gasteiger partial charge in [-0.15, -0.1) is 0 Å². The molecule has 7 nitrogen and oxygen atoms in total. The smallest absolute Gasteiger partial charge is 0.337 e. The van der Waals surface area contributed by atoms with Crippen molar-refractivity contribution in [2.24, 2.45) is 5.92 Å². The van der Waals surface area contributed by atoms with Crippen molar-refractivity contribution < 1.29 is 23.4 Å². The molecule has 0 spiro atoms. The number of β-amino-alcohol motifs (C(OH)–C–C–N with tert-alkyl or cyclic N) is 1. The van der Waals surface area contributed by atoms with Gasteiger partial charge >= 0.3 is 5.97 Å². The summed E-state index contributed by atoms with van der Waals surface area (Å²) in [7, 11) is -2.46. The van der Waals surface area contributed by atoms with E-state index < -0.39 is 22.1 Å². The van der Waals surface area contributed by atoms with E-state index in [1.54, 1.807) is 18.2 Å². The third-order valence-electron chi connectivity index (χ3n) is 7.29. The predicted molar refractivity (Wildman–Crippen MR) is 154 cm³/mol. The number of halogens is 1. The Labute approximate surface area is 235 Å². The number of nitrogens with zero attached hydrogens (tertiary/aromatic N) is 1. The number of carboxylic acids is 1. The average Bonchev–Trinajstić information content (AvgIpc) is 3.29. The van der Waals surface area contributed by atoms with Gasteiger partial charge in [-0.25, -0.2) is 13.2 Å². The van der Waals surface area contributed by atoms with Crippen molar-refractivity contribution in [1.82, 2.24) is 9.62 Å². The third kappa shape index (κ3) is 7.07. The second-order valence-corrected chi connectivity index (χ2v) is 13.4. The number of hydrogen-bond acceptors (Lipinski definition) is 5. The van der Waals surface area contributed by atoms with Gasteiger partial charge in [0.1, 0.15) is 0 Å². The number of nitrogens with one attached hydrogen (secondary N) is 1. The largest absolute Gasteiger partial charge is 0.478 e. The summed E-state index contributed by atoms with van der Waals surface area (Å²) in [5.41, 5.74) is 3.62. The van der Waals surface area contributed by atoms with E-state index in [9.17, 15) is 23.4 Å². The minimum atomic E-state index is -3.90. The van der Waals surface area contributed by atoms with Gasteiger partial charge in [-0.3, -0.25) is 0 Å². The molecule has 1 aliphatic rings. The maximum Gasteiger partial charge on any atom is 0.337 e. The highest BCUT2D eigenvalue weighted by Gasteiger charge is 2.29. The summed E-state index contributed by atoms with van der Waals surface area (Å²) in [6.07, 6.45) is 2.15. The first kappa shape index (κ1) is 29.2. The summed E-state index contributed by atoms with van der Waals surface area (Å²) in [6, 6.07) is 19.4. The molecular weight excluding hydrogens is 536 g/mol. The highest BCUT2D eigenvalue weighted by atomic mass is 35.5. The molecule has 3 N–H and O–H groups in total. The number of carbonyl (C=O) groups is 1. The molecule has 4 rings (SSSR count). The van der Waals surface area contributed by atoms with Crippen LogP contribution in [0.3, 0.4) is 0 Å². The first-order valence-corrected chi connectivity index (χ1v) is 14.8. The Morgan fingerprint density at radius 1 is 1.05 bits per heavy atom. The maximum atomic E-state index is 13.3. The number of likely N-dealkylation sites (N-methyl/N-ethyl adjacent to an activating group) is 1. The van der Waals surface area contributed by atoms with E-state index in [-0.39, 0.29) is 34.1 Å². The molecule has 1 atom stereocenters. The van der Waals surface area contributed by atoms with Gasteiger partial charge in [-0.2, -0.15) is 4.31 Å². The number of aliphatic hydroxyl groups excluding tert-OH is 1. The van der Waals surface area contributed by atoms with Crippen LogP contribution in [0.4, 0.5) is 0 Å². The lowest BCUT2D eigenvalue weighted by atomic mass is 9.88. The maximum absolute atomic E-state index is 13.3. The van der Waals surface area contributed by atoms with E-state index in [2.05, 4.69) is 43.4 Å². The Kier molecular flexibility index (Phi) is 8.83. The topological polar surface area (TPSA) is 107 Å². The molecule has 0 saturated carbocycles. The summed E-state index contributed by atoms with van der Waals surface area (Å²) >= 11 is 5.98. The van der Waals surface area contributed by atoms with Crippen LogP contribution in [-0.2, 0) is 22.9 Å². The molecule has 0 radical (unpaired) electrons. The highest BCUT2D eigenvalue weighted by Crippen LogP contribution is 2.32. The van der Waals surface area contributed by atoms with E-state index in [4.69, 9.17) is 11.6 Å². The quantitative estimate of drug-likeness (QED) is 0.304. The minimum absolute atomic E-state index is 0.0515. The molecule has 3 aromatic rings. The molecular formula is C30H35ClN2O5S. The van der Waals surface area contributed by atoms with Gasteiger partial charge in [0.05, 0.1) is 21.6 Å². The molecule has 0 fully saturated rings. The molecule has 0 aromatic heterocycles. The molecule has 208 valence electrons. The number of hydrogen-bond donors (Lipinski definition) is 3. The fourth-order valence-corrected chi connectivity index (χ4v) is 6.78. The molecule has 0 aliphatic heterocycles. The van der Waals surface area contributed by atoms with Crippen molar-refractivity contribution in [3.8, 4) is 11.1 Å². The van der Waals surface area contributed by atoms with Gasteiger partial charge in [-0.1, -0.05) is 54.1 Å². The van der Waals surface area contributed by atoms with Gasteiger partial charge in [0, 0.05) is 25.7 Å². The van der Waals surface area contributed by atoms with E-state index >= 15 is 0 Å². The summed E-state index contributed by atoms with van der Waals surface area (Å²) in [4.78, 5) is 11.5. The molecule has 9 heteroatoms. The van der Waals surface area contributed by atoms with Gasteiger partial charge in [-0.05, 0) is 85.5 Å². The van der Waals surface area contributed by atoms with Gasteiger partial charge in [0.15, 0.2) is 0 Å². The molecule has 0 bridgehead atoms. The summed E-state index contributed by atoms with van der Waals surface area (Å²) < 4.78 is 27.7. The second kappa shape index (κ2) is 11.8. The summed E-state index contributed by atoms with van der Waals surface area (Å²) in [5, 5.41) is 23.6. The van der Waals surface area contributed by atoms with Crippen LogP contribution in [0.2, 0.25) is 5.02 Å². The van der Waals surface area contributed by atoms with E-state index in [0.717, 1.165) is 23.6 Å². The van der Waals surface area contributed by atoms with Crippen LogP contribution in [0.1, 0.15) is 41.8 Å². The molecule has 1 aliphatic carbocycles. The monoisotopic (exact) mass is 570 g/mol. The Morgan fingerprint density at radius 3 is 2.33 bits per heavy atom. The van der Waals surface area contributed by atoms with Gasteiger partial charge < -0.3 is 15.5 Å². The lowest BCUT2D eigenvalue weighted by Gasteiger charge is -2.31. The zero-order valence-electron chi connectivity index (χ0n) is 22.4. The van der Waals surface area contributed by atoms with Crippen molar-refractivity contribution in [2.75, 3.05) is 20.1 Å². The normalized spacial score (nSPS) is 14.9. The van der Waals surface area contributed by atoms with Crippen molar-refractivity contribution in [3.05, 3.63) is 88.4 Å². The highest BCUT2D eigenvalue weighted by molar-refractivity contribution is 7.89. The van der Waals surface area contributed by atoms with Crippen molar-refractivity contribution in [1.29, 1.82) is 0 Å². The van der Waals surface area contributed by atoms with Crippen LogP contribution in [-0.4, -0.2) is 60.7 Å². The first-order chi connectivity index (χ1) is 18.4. The number of fused-ring (bicyclic) bond motifs is 1. The minimum Gasteiger partial charge on any atom is -0.478 e.